The number of nitriles is 1. The molecule has 102 valence electrons. The van der Waals surface area contributed by atoms with Crippen LogP contribution in [0.1, 0.15) is 38.2 Å². The van der Waals surface area contributed by atoms with E-state index >= 15 is 0 Å². The molecule has 1 aliphatic carbocycles. The normalized spacial score (nSPS) is 17.7. The summed E-state index contributed by atoms with van der Waals surface area (Å²) in [5, 5.41) is 12.7. The monoisotopic (exact) mass is 274 g/mol. The van der Waals surface area contributed by atoms with Crippen LogP contribution in [-0.4, -0.2) is 17.3 Å². The summed E-state index contributed by atoms with van der Waals surface area (Å²) in [6.45, 7) is 4.15. The maximum Gasteiger partial charge on any atom is 0.104 e. The third-order valence-electron chi connectivity index (χ3n) is 3.43. The van der Waals surface area contributed by atoms with Gasteiger partial charge in [-0.05, 0) is 57.4 Å². The van der Waals surface area contributed by atoms with E-state index in [0.717, 1.165) is 18.6 Å². The van der Waals surface area contributed by atoms with Crippen molar-refractivity contribution in [2.45, 2.75) is 56.0 Å². The Kier molecular flexibility index (Phi) is 4.90. The van der Waals surface area contributed by atoms with Crippen LogP contribution in [0.25, 0.3) is 0 Å². The van der Waals surface area contributed by atoms with Gasteiger partial charge in [0, 0.05) is 10.9 Å². The van der Waals surface area contributed by atoms with Crippen LogP contribution < -0.4 is 5.32 Å². The molecule has 19 heavy (non-hydrogen) atoms. The van der Waals surface area contributed by atoms with Crippen molar-refractivity contribution in [3.05, 3.63) is 29.8 Å². The maximum atomic E-state index is 9.30. The minimum atomic E-state index is -0.339. The highest BCUT2D eigenvalue weighted by Gasteiger charge is 2.31. The van der Waals surface area contributed by atoms with E-state index in [9.17, 15) is 5.26 Å². The Hall–Kier alpha value is -0.980. The molecule has 0 bridgehead atoms. The van der Waals surface area contributed by atoms with E-state index in [4.69, 9.17) is 0 Å². The van der Waals surface area contributed by atoms with Crippen LogP contribution in [0.15, 0.2) is 29.2 Å². The first-order chi connectivity index (χ1) is 9.11. The quantitative estimate of drug-likeness (QED) is 0.605. The summed E-state index contributed by atoms with van der Waals surface area (Å²) in [5.41, 5.74) is 0.969. The van der Waals surface area contributed by atoms with Crippen molar-refractivity contribution >= 4 is 11.8 Å². The van der Waals surface area contributed by atoms with Gasteiger partial charge in [0.1, 0.15) is 5.54 Å². The Balaban J connectivity index is 1.72. The molecule has 0 aliphatic heterocycles. The second-order valence-corrected chi connectivity index (χ2v) is 6.80. The van der Waals surface area contributed by atoms with Gasteiger partial charge in [0.2, 0.25) is 0 Å². The van der Waals surface area contributed by atoms with Gasteiger partial charge >= 0.3 is 0 Å². The molecule has 3 heteroatoms. The molecule has 0 heterocycles. The molecule has 1 aromatic rings. The van der Waals surface area contributed by atoms with Crippen LogP contribution in [0.5, 0.6) is 0 Å². The topological polar surface area (TPSA) is 35.8 Å². The zero-order valence-electron chi connectivity index (χ0n) is 11.8. The molecule has 1 fully saturated rings. The van der Waals surface area contributed by atoms with Crippen LogP contribution in [0, 0.1) is 18.3 Å². The zero-order chi connectivity index (χ0) is 13.7. The Labute approximate surface area is 120 Å². The van der Waals surface area contributed by atoms with Crippen molar-refractivity contribution < 1.29 is 0 Å². The van der Waals surface area contributed by atoms with Gasteiger partial charge in [0.25, 0.3) is 0 Å². The number of rotatable bonds is 7. The molecule has 1 unspecified atom stereocenters. The summed E-state index contributed by atoms with van der Waals surface area (Å²) in [7, 11) is 0. The lowest BCUT2D eigenvalue weighted by Gasteiger charge is -2.23. The third-order valence-corrected chi connectivity index (χ3v) is 4.51. The van der Waals surface area contributed by atoms with Gasteiger partial charge < -0.3 is 0 Å². The minimum Gasteiger partial charge on any atom is -0.297 e. The lowest BCUT2D eigenvalue weighted by Crippen LogP contribution is -2.42. The number of nitrogens with one attached hydrogen (secondary N) is 1. The number of hydrogen-bond acceptors (Lipinski definition) is 3. The molecule has 0 saturated heterocycles. The lowest BCUT2D eigenvalue weighted by atomic mass is 9.98. The van der Waals surface area contributed by atoms with E-state index in [1.807, 2.05) is 18.7 Å². The van der Waals surface area contributed by atoms with Crippen LogP contribution in [0.3, 0.4) is 0 Å². The lowest BCUT2D eigenvalue weighted by molar-refractivity contribution is 0.412. The van der Waals surface area contributed by atoms with Gasteiger partial charge in [-0.1, -0.05) is 17.7 Å². The second kappa shape index (κ2) is 6.45. The van der Waals surface area contributed by atoms with Crippen LogP contribution in [0.4, 0.5) is 0 Å². The standard InChI is InChI=1S/C16H22N2S/c1-13-5-3-6-15(11-13)19-10-4-9-16(2,12-17)18-14-7-8-14/h3,5-6,11,14,18H,4,7-10H2,1-2H3. The van der Waals surface area contributed by atoms with Gasteiger partial charge in [-0.3, -0.25) is 5.32 Å². The van der Waals surface area contributed by atoms with Crippen molar-refractivity contribution in [1.29, 1.82) is 5.26 Å². The Bertz CT molecular complexity index is 462. The summed E-state index contributed by atoms with van der Waals surface area (Å²) in [6.07, 6.45) is 4.46. The summed E-state index contributed by atoms with van der Waals surface area (Å²) in [5.74, 6) is 1.08. The highest BCUT2D eigenvalue weighted by Crippen LogP contribution is 2.26. The minimum absolute atomic E-state index is 0.339. The second-order valence-electron chi connectivity index (χ2n) is 5.63. The number of nitrogens with zero attached hydrogens (tertiary/aromatic N) is 1. The van der Waals surface area contributed by atoms with E-state index < -0.39 is 0 Å². The molecule has 0 radical (unpaired) electrons. The van der Waals surface area contributed by atoms with Crippen LogP contribution in [-0.2, 0) is 0 Å². The molecule has 1 aromatic carbocycles. The molecule has 2 rings (SSSR count). The van der Waals surface area contributed by atoms with Gasteiger partial charge in [-0.2, -0.15) is 5.26 Å². The van der Waals surface area contributed by atoms with E-state index in [1.165, 1.54) is 23.3 Å². The third kappa shape index (κ3) is 4.89. The molecule has 1 aliphatic rings. The smallest absolute Gasteiger partial charge is 0.104 e. The first kappa shape index (κ1) is 14.4. The fourth-order valence-electron chi connectivity index (χ4n) is 2.16. The number of aryl methyl sites for hydroxylation is 1. The van der Waals surface area contributed by atoms with Crippen molar-refractivity contribution in [3.8, 4) is 6.07 Å². The highest BCUT2D eigenvalue weighted by molar-refractivity contribution is 7.99. The summed E-state index contributed by atoms with van der Waals surface area (Å²) in [4.78, 5) is 1.33. The SMILES string of the molecule is Cc1cccc(SCCCC(C)(C#N)NC2CC2)c1. The highest BCUT2D eigenvalue weighted by atomic mass is 32.2. The largest absolute Gasteiger partial charge is 0.297 e. The predicted molar refractivity (Wildman–Crippen MR) is 81.3 cm³/mol. The van der Waals surface area contributed by atoms with Gasteiger partial charge in [-0.25, -0.2) is 0 Å². The Morgan fingerprint density at radius 1 is 1.47 bits per heavy atom. The molecule has 0 amide bonds. The Morgan fingerprint density at radius 3 is 2.89 bits per heavy atom. The molecule has 1 N–H and O–H groups in total. The molecule has 1 saturated carbocycles. The van der Waals surface area contributed by atoms with E-state index in [-0.39, 0.29) is 5.54 Å². The van der Waals surface area contributed by atoms with Gasteiger partial charge in [-0.15, -0.1) is 11.8 Å². The fraction of sp³-hybridized carbons (Fsp3) is 0.562. The molecular weight excluding hydrogens is 252 g/mol. The number of benzene rings is 1. The van der Waals surface area contributed by atoms with Crippen molar-refractivity contribution in [2.24, 2.45) is 0 Å². The molecular formula is C16H22N2S. The zero-order valence-corrected chi connectivity index (χ0v) is 12.6. The molecule has 0 aromatic heterocycles. The number of thioether (sulfide) groups is 1. The summed E-state index contributed by atoms with van der Waals surface area (Å²) < 4.78 is 0. The fourth-order valence-corrected chi connectivity index (χ4v) is 3.13. The van der Waals surface area contributed by atoms with Crippen molar-refractivity contribution in [1.82, 2.24) is 5.32 Å². The number of hydrogen-bond donors (Lipinski definition) is 1. The van der Waals surface area contributed by atoms with Gasteiger partial charge in [0.15, 0.2) is 0 Å². The van der Waals surface area contributed by atoms with Crippen molar-refractivity contribution in [2.75, 3.05) is 5.75 Å². The predicted octanol–water partition coefficient (Wildman–Crippen LogP) is 3.90. The van der Waals surface area contributed by atoms with E-state index in [1.54, 1.807) is 0 Å². The summed E-state index contributed by atoms with van der Waals surface area (Å²) in [6, 6.07) is 11.6. The average Bonchev–Trinajstić information content (AvgIpc) is 3.19. The average molecular weight is 274 g/mol. The molecule has 2 nitrogen and oxygen atoms in total. The first-order valence-electron chi connectivity index (χ1n) is 7.00. The van der Waals surface area contributed by atoms with Crippen LogP contribution in [0.2, 0.25) is 0 Å². The van der Waals surface area contributed by atoms with E-state index in [0.29, 0.717) is 6.04 Å². The van der Waals surface area contributed by atoms with Gasteiger partial charge in [0.05, 0.1) is 6.07 Å². The van der Waals surface area contributed by atoms with Crippen LogP contribution >= 0.6 is 11.8 Å². The molecule has 0 spiro atoms. The Morgan fingerprint density at radius 2 is 2.26 bits per heavy atom. The summed E-state index contributed by atoms with van der Waals surface area (Å²) >= 11 is 1.88. The van der Waals surface area contributed by atoms with Crippen molar-refractivity contribution in [3.63, 3.8) is 0 Å². The molecule has 1 atom stereocenters. The first-order valence-corrected chi connectivity index (χ1v) is 7.98. The maximum absolute atomic E-state index is 9.30. The van der Waals surface area contributed by atoms with E-state index in [2.05, 4.69) is 42.6 Å².